The van der Waals surface area contributed by atoms with Gasteiger partial charge >= 0.3 is 0 Å². The third kappa shape index (κ3) is 3.30. The number of nitrogens with one attached hydrogen (secondary N) is 1. The first-order valence-corrected chi connectivity index (χ1v) is 6.32. The smallest absolute Gasteiger partial charge is 0.195 e. The standard InChI is InChI=1S/C14H11ClN2OS/c15-10-6-7-12(17-14(16)19)11(8-10)13(18)9-4-2-1-3-5-9/h1-8H,(H3,16,17,19). The van der Waals surface area contributed by atoms with Crippen LogP contribution in [0.2, 0.25) is 5.02 Å². The summed E-state index contributed by atoms with van der Waals surface area (Å²) >= 11 is 10.7. The van der Waals surface area contributed by atoms with Gasteiger partial charge in [0.05, 0.1) is 5.69 Å². The normalized spacial score (nSPS) is 9.95. The van der Waals surface area contributed by atoms with Crippen LogP contribution < -0.4 is 11.1 Å². The quantitative estimate of drug-likeness (QED) is 0.673. The summed E-state index contributed by atoms with van der Waals surface area (Å²) in [5, 5.41) is 3.36. The van der Waals surface area contributed by atoms with Gasteiger partial charge in [-0.15, -0.1) is 0 Å². The van der Waals surface area contributed by atoms with Crippen molar-refractivity contribution in [1.82, 2.24) is 0 Å². The van der Waals surface area contributed by atoms with Gasteiger partial charge in [0.2, 0.25) is 0 Å². The number of carbonyl (C=O) groups excluding carboxylic acids is 1. The maximum Gasteiger partial charge on any atom is 0.195 e. The van der Waals surface area contributed by atoms with Crippen molar-refractivity contribution in [3.8, 4) is 0 Å². The number of hydrogen-bond acceptors (Lipinski definition) is 2. The van der Waals surface area contributed by atoms with E-state index in [2.05, 4.69) is 5.32 Å². The van der Waals surface area contributed by atoms with Crippen LogP contribution in [0.15, 0.2) is 48.5 Å². The Kier molecular flexibility index (Phi) is 4.14. The lowest BCUT2D eigenvalue weighted by atomic mass is 10.0. The summed E-state index contributed by atoms with van der Waals surface area (Å²) < 4.78 is 0. The Hall–Kier alpha value is -1.91. The third-order valence-corrected chi connectivity index (χ3v) is 2.86. The van der Waals surface area contributed by atoms with Crippen LogP contribution in [0, 0.1) is 0 Å². The van der Waals surface area contributed by atoms with Gasteiger partial charge in [-0.2, -0.15) is 0 Å². The average molecular weight is 291 g/mol. The van der Waals surface area contributed by atoms with Crippen molar-refractivity contribution in [3.63, 3.8) is 0 Å². The minimum atomic E-state index is -0.137. The first-order chi connectivity index (χ1) is 9.08. The van der Waals surface area contributed by atoms with Crippen molar-refractivity contribution in [2.45, 2.75) is 0 Å². The number of rotatable bonds is 3. The molecule has 0 saturated carbocycles. The van der Waals surface area contributed by atoms with E-state index in [9.17, 15) is 4.79 Å². The zero-order chi connectivity index (χ0) is 13.8. The zero-order valence-electron chi connectivity index (χ0n) is 9.89. The fraction of sp³-hybridized carbons (Fsp3) is 0. The molecule has 0 saturated heterocycles. The van der Waals surface area contributed by atoms with Crippen LogP contribution in [0.4, 0.5) is 5.69 Å². The van der Waals surface area contributed by atoms with Gasteiger partial charge in [-0.1, -0.05) is 41.9 Å². The van der Waals surface area contributed by atoms with E-state index in [1.807, 2.05) is 6.07 Å². The van der Waals surface area contributed by atoms with Crippen LogP contribution in [0.25, 0.3) is 0 Å². The molecule has 2 aromatic carbocycles. The molecule has 0 aliphatic heterocycles. The Balaban J connectivity index is 2.45. The number of ketones is 1. The molecule has 0 unspecified atom stereocenters. The summed E-state index contributed by atoms with van der Waals surface area (Å²) in [6.45, 7) is 0. The number of benzene rings is 2. The summed E-state index contributed by atoms with van der Waals surface area (Å²) in [6.07, 6.45) is 0. The van der Waals surface area contributed by atoms with E-state index in [0.29, 0.717) is 21.8 Å². The lowest BCUT2D eigenvalue weighted by molar-refractivity contribution is 0.103. The van der Waals surface area contributed by atoms with Crippen LogP contribution in [-0.2, 0) is 0 Å². The second kappa shape index (κ2) is 5.82. The summed E-state index contributed by atoms with van der Waals surface area (Å²) in [7, 11) is 0. The van der Waals surface area contributed by atoms with E-state index in [0.717, 1.165) is 0 Å². The molecule has 0 amide bonds. The summed E-state index contributed by atoms with van der Waals surface area (Å²) in [4.78, 5) is 12.4. The van der Waals surface area contributed by atoms with Crippen LogP contribution in [0.3, 0.4) is 0 Å². The Labute approximate surface area is 121 Å². The molecule has 0 atom stereocenters. The lowest BCUT2D eigenvalue weighted by Gasteiger charge is -2.10. The van der Waals surface area contributed by atoms with Crippen molar-refractivity contribution >= 4 is 40.4 Å². The second-order valence-electron chi connectivity index (χ2n) is 3.87. The number of halogens is 1. The van der Waals surface area contributed by atoms with E-state index < -0.39 is 0 Å². The Morgan fingerprint density at radius 3 is 2.47 bits per heavy atom. The van der Waals surface area contributed by atoms with Crippen molar-refractivity contribution in [3.05, 3.63) is 64.7 Å². The highest BCUT2D eigenvalue weighted by molar-refractivity contribution is 7.80. The Bertz CT molecular complexity index is 629. The maximum atomic E-state index is 12.4. The van der Waals surface area contributed by atoms with E-state index in [1.165, 1.54) is 0 Å². The first-order valence-electron chi connectivity index (χ1n) is 5.53. The van der Waals surface area contributed by atoms with Crippen molar-refractivity contribution in [2.24, 2.45) is 5.73 Å². The summed E-state index contributed by atoms with van der Waals surface area (Å²) in [5.41, 5.74) is 7.01. The van der Waals surface area contributed by atoms with E-state index in [4.69, 9.17) is 29.6 Å². The fourth-order valence-electron chi connectivity index (χ4n) is 1.69. The number of carbonyl (C=O) groups is 1. The minimum absolute atomic E-state index is 0.101. The number of thiocarbonyl (C=S) groups is 1. The second-order valence-corrected chi connectivity index (χ2v) is 4.75. The topological polar surface area (TPSA) is 55.1 Å². The Morgan fingerprint density at radius 1 is 1.16 bits per heavy atom. The molecule has 96 valence electrons. The molecule has 2 rings (SSSR count). The van der Waals surface area contributed by atoms with Gasteiger partial charge in [0.25, 0.3) is 0 Å². The summed E-state index contributed by atoms with van der Waals surface area (Å²) in [6, 6.07) is 13.9. The molecule has 3 nitrogen and oxygen atoms in total. The van der Waals surface area contributed by atoms with Gasteiger partial charge in [0.15, 0.2) is 10.9 Å². The van der Waals surface area contributed by atoms with E-state index >= 15 is 0 Å². The van der Waals surface area contributed by atoms with E-state index in [-0.39, 0.29) is 10.9 Å². The van der Waals surface area contributed by atoms with Gasteiger partial charge in [-0.25, -0.2) is 0 Å². The molecular formula is C14H11ClN2OS. The highest BCUT2D eigenvalue weighted by Gasteiger charge is 2.14. The van der Waals surface area contributed by atoms with Gasteiger partial charge in [0, 0.05) is 16.1 Å². The fourth-order valence-corrected chi connectivity index (χ4v) is 1.97. The number of anilines is 1. The summed E-state index contributed by atoms with van der Waals surface area (Å²) in [5.74, 6) is -0.137. The maximum absolute atomic E-state index is 12.4. The van der Waals surface area contributed by atoms with Crippen molar-refractivity contribution in [1.29, 1.82) is 0 Å². The monoisotopic (exact) mass is 290 g/mol. The predicted octanol–water partition coefficient (Wildman–Crippen LogP) is 3.23. The highest BCUT2D eigenvalue weighted by atomic mass is 35.5. The molecule has 0 aromatic heterocycles. The predicted molar refractivity (Wildman–Crippen MR) is 81.7 cm³/mol. The molecule has 0 bridgehead atoms. The molecule has 2 aromatic rings. The number of nitrogens with two attached hydrogens (primary N) is 1. The van der Waals surface area contributed by atoms with Crippen LogP contribution in [-0.4, -0.2) is 10.9 Å². The molecule has 5 heteroatoms. The van der Waals surface area contributed by atoms with Crippen LogP contribution in [0.1, 0.15) is 15.9 Å². The third-order valence-electron chi connectivity index (χ3n) is 2.52. The van der Waals surface area contributed by atoms with Crippen molar-refractivity contribution in [2.75, 3.05) is 5.32 Å². The molecule has 0 heterocycles. The van der Waals surface area contributed by atoms with Crippen molar-refractivity contribution < 1.29 is 4.79 Å². The molecule has 3 N–H and O–H groups in total. The average Bonchev–Trinajstić information content (AvgIpc) is 2.40. The minimum Gasteiger partial charge on any atom is -0.376 e. The van der Waals surface area contributed by atoms with Gasteiger partial charge < -0.3 is 11.1 Å². The highest BCUT2D eigenvalue weighted by Crippen LogP contribution is 2.23. The Morgan fingerprint density at radius 2 is 1.84 bits per heavy atom. The van der Waals surface area contributed by atoms with Crippen LogP contribution in [0.5, 0.6) is 0 Å². The van der Waals surface area contributed by atoms with Crippen LogP contribution >= 0.6 is 23.8 Å². The molecular weight excluding hydrogens is 280 g/mol. The van der Waals surface area contributed by atoms with Gasteiger partial charge in [0.1, 0.15) is 0 Å². The largest absolute Gasteiger partial charge is 0.376 e. The molecule has 0 aliphatic carbocycles. The first kappa shape index (κ1) is 13.5. The number of hydrogen-bond donors (Lipinski definition) is 2. The van der Waals surface area contributed by atoms with E-state index in [1.54, 1.807) is 42.5 Å². The lowest BCUT2D eigenvalue weighted by Crippen LogP contribution is -2.20. The van der Waals surface area contributed by atoms with Gasteiger partial charge in [-0.05, 0) is 30.4 Å². The SMILES string of the molecule is NC(=S)Nc1ccc(Cl)cc1C(=O)c1ccccc1. The molecule has 0 fully saturated rings. The molecule has 0 spiro atoms. The van der Waals surface area contributed by atoms with Gasteiger partial charge in [-0.3, -0.25) is 4.79 Å². The molecule has 0 radical (unpaired) electrons. The molecule has 19 heavy (non-hydrogen) atoms. The zero-order valence-corrected chi connectivity index (χ0v) is 11.5. The molecule has 0 aliphatic rings.